The maximum atomic E-state index is 3.38. The fourth-order valence-corrected chi connectivity index (χ4v) is 1.69. The summed E-state index contributed by atoms with van der Waals surface area (Å²) in [5, 5.41) is 6.76. The van der Waals surface area contributed by atoms with Crippen LogP contribution in [0.5, 0.6) is 0 Å². The van der Waals surface area contributed by atoms with Gasteiger partial charge in [-0.25, -0.2) is 0 Å². The van der Waals surface area contributed by atoms with Crippen molar-refractivity contribution in [2.24, 2.45) is 0 Å². The molecule has 1 aliphatic rings. The van der Waals surface area contributed by atoms with E-state index in [4.69, 9.17) is 0 Å². The van der Waals surface area contributed by atoms with Gasteiger partial charge < -0.3 is 10.6 Å². The summed E-state index contributed by atoms with van der Waals surface area (Å²) in [4.78, 5) is 0. The van der Waals surface area contributed by atoms with Gasteiger partial charge in [0.1, 0.15) is 0 Å². The van der Waals surface area contributed by atoms with E-state index in [9.17, 15) is 0 Å². The molecule has 2 nitrogen and oxygen atoms in total. The first-order chi connectivity index (χ1) is 9.35. The number of allylic oxidation sites excluding steroid dienone is 1. The third-order valence-electron chi connectivity index (χ3n) is 2.39. The summed E-state index contributed by atoms with van der Waals surface area (Å²) in [5.74, 6) is 0. The molecular formula is C17H22N2. The van der Waals surface area contributed by atoms with Crippen molar-refractivity contribution in [3.05, 3.63) is 61.2 Å². The molecule has 0 aromatic heterocycles. The zero-order valence-electron chi connectivity index (χ0n) is 11.9. The molecule has 2 N–H and O–H groups in total. The largest absolute Gasteiger partial charge is 0.352 e. The van der Waals surface area contributed by atoms with Crippen LogP contribution in [0.2, 0.25) is 0 Å². The summed E-state index contributed by atoms with van der Waals surface area (Å²) in [5.41, 5.74) is 4.52. The van der Waals surface area contributed by atoms with Crippen molar-refractivity contribution >= 4 is 22.7 Å². The number of rotatable bonds is 0. The monoisotopic (exact) mass is 254 g/mol. The Hall–Kier alpha value is -2.22. The van der Waals surface area contributed by atoms with E-state index in [2.05, 4.69) is 41.5 Å². The summed E-state index contributed by atoms with van der Waals surface area (Å²) in [7, 11) is 0. The Bertz CT molecular complexity index is 431. The van der Waals surface area contributed by atoms with Gasteiger partial charge in [-0.15, -0.1) is 6.58 Å². The molecule has 0 unspecified atom stereocenters. The van der Waals surface area contributed by atoms with Crippen molar-refractivity contribution < 1.29 is 0 Å². The van der Waals surface area contributed by atoms with Crippen molar-refractivity contribution in [2.45, 2.75) is 20.8 Å². The predicted molar refractivity (Wildman–Crippen MR) is 86.7 cm³/mol. The molecule has 0 saturated carbocycles. The van der Waals surface area contributed by atoms with E-state index in [0.717, 1.165) is 22.7 Å². The molecule has 1 aliphatic heterocycles. The molecule has 0 aliphatic carbocycles. The Labute approximate surface area is 116 Å². The van der Waals surface area contributed by atoms with Crippen molar-refractivity contribution in [1.29, 1.82) is 0 Å². The van der Waals surface area contributed by atoms with Crippen LogP contribution in [-0.4, -0.2) is 0 Å². The number of anilines is 4. The molecule has 0 fully saturated rings. The van der Waals surface area contributed by atoms with Crippen LogP contribution in [0.1, 0.15) is 20.8 Å². The summed E-state index contributed by atoms with van der Waals surface area (Å²) >= 11 is 0. The molecule has 0 amide bonds. The minimum Gasteiger partial charge on any atom is -0.352 e. The molecule has 2 heteroatoms. The number of nitrogens with one attached hydrogen (secondary N) is 2. The Balaban J connectivity index is 0.000000321. The lowest BCUT2D eigenvalue weighted by Crippen LogP contribution is -2.05. The molecule has 0 saturated heterocycles. The first kappa shape index (κ1) is 14.8. The number of fused-ring (bicyclic) bond motifs is 2. The van der Waals surface area contributed by atoms with Crippen molar-refractivity contribution in [2.75, 3.05) is 10.6 Å². The molecule has 2 aromatic rings. The molecule has 0 spiro atoms. The van der Waals surface area contributed by atoms with Crippen LogP contribution in [0, 0.1) is 0 Å². The van der Waals surface area contributed by atoms with Gasteiger partial charge in [0, 0.05) is 0 Å². The topological polar surface area (TPSA) is 24.1 Å². The van der Waals surface area contributed by atoms with E-state index in [1.54, 1.807) is 6.08 Å². The first-order valence-electron chi connectivity index (χ1n) is 6.64. The maximum Gasteiger partial charge on any atom is 0.0624 e. The minimum absolute atomic E-state index is 1.13. The molecule has 100 valence electrons. The van der Waals surface area contributed by atoms with Crippen LogP contribution in [-0.2, 0) is 0 Å². The average molecular weight is 254 g/mol. The predicted octanol–water partition coefficient (Wildman–Crippen LogP) is 5.71. The van der Waals surface area contributed by atoms with E-state index in [-0.39, 0.29) is 0 Å². The fourth-order valence-electron chi connectivity index (χ4n) is 1.69. The SMILES string of the molecule is C=CC.CC.c1ccc2c(c1)Nc1ccccc1N2. The second-order valence-electron chi connectivity index (χ2n) is 3.75. The van der Waals surface area contributed by atoms with Crippen LogP contribution in [0.3, 0.4) is 0 Å². The quantitative estimate of drug-likeness (QED) is 0.502. The van der Waals surface area contributed by atoms with E-state index >= 15 is 0 Å². The molecule has 1 heterocycles. The fraction of sp³-hybridized carbons (Fsp3) is 0.176. The summed E-state index contributed by atoms with van der Waals surface area (Å²) in [6, 6.07) is 16.4. The van der Waals surface area contributed by atoms with Gasteiger partial charge >= 0.3 is 0 Å². The van der Waals surface area contributed by atoms with Crippen molar-refractivity contribution in [3.8, 4) is 0 Å². The van der Waals surface area contributed by atoms with Crippen LogP contribution in [0.15, 0.2) is 61.2 Å². The second-order valence-corrected chi connectivity index (χ2v) is 3.75. The average Bonchev–Trinajstić information content (AvgIpc) is 2.48. The standard InChI is InChI=1S/C12H10N2.C3H6.C2H6/c1-2-6-10-9(5-1)13-11-7-3-4-8-12(11)14-10;1-3-2;1-2/h1-8,13-14H;3H,1H2,2H3;1-2H3. The van der Waals surface area contributed by atoms with Crippen LogP contribution in [0.25, 0.3) is 0 Å². The Morgan fingerprint density at radius 3 is 1.16 bits per heavy atom. The highest BCUT2D eigenvalue weighted by atomic mass is 15.0. The summed E-state index contributed by atoms with van der Waals surface area (Å²) < 4.78 is 0. The smallest absolute Gasteiger partial charge is 0.0624 e. The lowest BCUT2D eigenvalue weighted by atomic mass is 10.1. The van der Waals surface area contributed by atoms with Crippen molar-refractivity contribution in [1.82, 2.24) is 0 Å². The summed E-state index contributed by atoms with van der Waals surface area (Å²) in [6.07, 6.45) is 1.75. The number of hydrogen-bond acceptors (Lipinski definition) is 2. The molecular weight excluding hydrogens is 232 g/mol. The van der Waals surface area contributed by atoms with E-state index in [1.807, 2.05) is 45.0 Å². The van der Waals surface area contributed by atoms with Gasteiger partial charge in [0.05, 0.1) is 22.7 Å². The zero-order valence-corrected chi connectivity index (χ0v) is 11.9. The van der Waals surface area contributed by atoms with Gasteiger partial charge in [-0.1, -0.05) is 44.2 Å². The molecule has 2 aromatic carbocycles. The Kier molecular flexibility index (Phi) is 6.23. The summed E-state index contributed by atoms with van der Waals surface area (Å²) in [6.45, 7) is 9.25. The number of benzene rings is 2. The lowest BCUT2D eigenvalue weighted by Gasteiger charge is -2.22. The zero-order chi connectivity index (χ0) is 14.1. The maximum absolute atomic E-state index is 3.38. The highest BCUT2D eigenvalue weighted by Crippen LogP contribution is 2.37. The molecule has 3 rings (SSSR count). The normalized spacial score (nSPS) is 9.84. The van der Waals surface area contributed by atoms with Gasteiger partial charge in [0.25, 0.3) is 0 Å². The Morgan fingerprint density at radius 2 is 0.947 bits per heavy atom. The minimum atomic E-state index is 1.13. The number of hydrogen-bond donors (Lipinski definition) is 2. The third kappa shape index (κ3) is 3.88. The first-order valence-corrected chi connectivity index (χ1v) is 6.64. The van der Waals surface area contributed by atoms with Crippen molar-refractivity contribution in [3.63, 3.8) is 0 Å². The van der Waals surface area contributed by atoms with E-state index in [0.29, 0.717) is 0 Å². The van der Waals surface area contributed by atoms with E-state index in [1.165, 1.54) is 0 Å². The molecule has 0 bridgehead atoms. The highest BCUT2D eigenvalue weighted by Gasteiger charge is 2.11. The second kappa shape index (κ2) is 7.98. The highest BCUT2D eigenvalue weighted by molar-refractivity contribution is 5.89. The Morgan fingerprint density at radius 1 is 0.737 bits per heavy atom. The van der Waals surface area contributed by atoms with Crippen LogP contribution >= 0.6 is 0 Å². The van der Waals surface area contributed by atoms with Gasteiger partial charge in [-0.3, -0.25) is 0 Å². The number of para-hydroxylation sites is 4. The van der Waals surface area contributed by atoms with Gasteiger partial charge in [0.2, 0.25) is 0 Å². The molecule has 0 radical (unpaired) electrons. The van der Waals surface area contributed by atoms with Crippen LogP contribution in [0.4, 0.5) is 22.7 Å². The third-order valence-corrected chi connectivity index (χ3v) is 2.39. The van der Waals surface area contributed by atoms with Gasteiger partial charge in [-0.05, 0) is 31.2 Å². The van der Waals surface area contributed by atoms with E-state index < -0.39 is 0 Å². The van der Waals surface area contributed by atoms with Gasteiger partial charge in [-0.2, -0.15) is 0 Å². The van der Waals surface area contributed by atoms with Gasteiger partial charge in [0.15, 0.2) is 0 Å². The lowest BCUT2D eigenvalue weighted by molar-refractivity contribution is 1.45. The molecule has 19 heavy (non-hydrogen) atoms. The molecule has 0 atom stereocenters. The van der Waals surface area contributed by atoms with Crippen LogP contribution < -0.4 is 10.6 Å².